The first kappa shape index (κ1) is 20.7. The molecule has 0 fully saturated rings. The molecule has 36 heavy (non-hydrogen) atoms. The van der Waals surface area contributed by atoms with E-state index in [0.717, 1.165) is 5.69 Å². The lowest BCUT2D eigenvalue weighted by Crippen LogP contribution is -2.03. The number of carbonyl (C=O) groups is 1. The monoisotopic (exact) mass is 461 g/mol. The second-order valence-corrected chi connectivity index (χ2v) is 9.31. The zero-order valence-electron chi connectivity index (χ0n) is 19.6. The first-order chi connectivity index (χ1) is 17.8. The van der Waals surface area contributed by atoms with Crippen LogP contribution in [0.3, 0.4) is 0 Å². The molecule has 5 aromatic carbocycles. The standard InChI is InChI=1S/C34H23NO/c36-34(25-11-5-2-6-12-25)26-15-19-27(20-16-26)35-31-14-8-7-13-29(31)30-22-18-24-17-21-28(32(24)33(30)35)23-9-3-1-4-10-23/h1-22,28H. The maximum absolute atomic E-state index is 13.0. The van der Waals surface area contributed by atoms with Crippen molar-refractivity contribution in [2.75, 3.05) is 0 Å². The van der Waals surface area contributed by atoms with Gasteiger partial charge in [0.25, 0.3) is 0 Å². The molecule has 2 heteroatoms. The van der Waals surface area contributed by atoms with Gasteiger partial charge in [0.05, 0.1) is 11.0 Å². The van der Waals surface area contributed by atoms with Gasteiger partial charge in [-0.15, -0.1) is 0 Å². The second-order valence-electron chi connectivity index (χ2n) is 9.31. The fourth-order valence-electron chi connectivity index (χ4n) is 5.59. The van der Waals surface area contributed by atoms with E-state index in [2.05, 4.69) is 95.6 Å². The Morgan fingerprint density at radius 3 is 2.06 bits per heavy atom. The highest BCUT2D eigenvalue weighted by Gasteiger charge is 2.26. The van der Waals surface area contributed by atoms with Crippen molar-refractivity contribution in [1.29, 1.82) is 0 Å². The van der Waals surface area contributed by atoms with Crippen LogP contribution in [-0.2, 0) is 0 Å². The van der Waals surface area contributed by atoms with Crippen LogP contribution in [0.4, 0.5) is 0 Å². The topological polar surface area (TPSA) is 22.0 Å². The van der Waals surface area contributed by atoms with Crippen molar-refractivity contribution in [3.05, 3.63) is 155 Å². The molecule has 0 aliphatic heterocycles. The number of allylic oxidation sites excluding steroid dienone is 1. The predicted octanol–water partition coefficient (Wildman–Crippen LogP) is 8.17. The number of hydrogen-bond donors (Lipinski definition) is 0. The molecule has 0 N–H and O–H groups in total. The van der Waals surface area contributed by atoms with Gasteiger partial charge in [0.1, 0.15) is 0 Å². The molecule has 0 bridgehead atoms. The molecule has 0 saturated carbocycles. The van der Waals surface area contributed by atoms with Crippen molar-refractivity contribution in [1.82, 2.24) is 4.57 Å². The summed E-state index contributed by atoms with van der Waals surface area (Å²) in [6.45, 7) is 0. The van der Waals surface area contributed by atoms with E-state index in [0.29, 0.717) is 11.1 Å². The van der Waals surface area contributed by atoms with Crippen molar-refractivity contribution in [2.24, 2.45) is 0 Å². The summed E-state index contributed by atoms with van der Waals surface area (Å²) in [4.78, 5) is 13.0. The summed E-state index contributed by atoms with van der Waals surface area (Å²) in [6.07, 6.45) is 4.55. The van der Waals surface area contributed by atoms with E-state index in [1.165, 1.54) is 38.5 Å². The van der Waals surface area contributed by atoms with Crippen LogP contribution in [0.2, 0.25) is 0 Å². The average Bonchev–Trinajstić information content (AvgIpc) is 3.53. The molecule has 1 unspecified atom stereocenters. The predicted molar refractivity (Wildman–Crippen MR) is 148 cm³/mol. The molecule has 0 spiro atoms. The lowest BCUT2D eigenvalue weighted by Gasteiger charge is -2.17. The maximum atomic E-state index is 13.0. The number of hydrogen-bond acceptors (Lipinski definition) is 1. The fourth-order valence-corrected chi connectivity index (χ4v) is 5.59. The quantitative estimate of drug-likeness (QED) is 0.243. The number of nitrogens with zero attached hydrogens (tertiary/aromatic N) is 1. The summed E-state index contributed by atoms with van der Waals surface area (Å²) in [5.74, 6) is 0.241. The van der Waals surface area contributed by atoms with E-state index >= 15 is 0 Å². The number of rotatable bonds is 4. The number of benzene rings is 5. The first-order valence-electron chi connectivity index (χ1n) is 12.3. The smallest absolute Gasteiger partial charge is 0.193 e. The number of ketones is 1. The third kappa shape index (κ3) is 3.15. The Balaban J connectivity index is 1.44. The van der Waals surface area contributed by atoms with E-state index in [1.807, 2.05) is 42.5 Å². The van der Waals surface area contributed by atoms with Gasteiger partial charge in [0.15, 0.2) is 5.78 Å². The number of aromatic nitrogens is 1. The molecule has 0 saturated heterocycles. The van der Waals surface area contributed by atoms with Crippen LogP contribution in [0, 0.1) is 0 Å². The molecule has 1 aliphatic rings. The largest absolute Gasteiger partial charge is 0.309 e. The Hall–Kier alpha value is -4.69. The van der Waals surface area contributed by atoms with E-state index in [1.54, 1.807) is 0 Å². The van der Waals surface area contributed by atoms with E-state index < -0.39 is 0 Å². The Bertz CT molecular complexity index is 1770. The third-order valence-electron chi connectivity index (χ3n) is 7.27. The normalized spacial score (nSPS) is 14.4. The van der Waals surface area contributed by atoms with E-state index in [-0.39, 0.29) is 11.7 Å². The van der Waals surface area contributed by atoms with Crippen LogP contribution in [0.5, 0.6) is 0 Å². The van der Waals surface area contributed by atoms with Gasteiger partial charge in [0.2, 0.25) is 0 Å². The third-order valence-corrected chi connectivity index (χ3v) is 7.27. The highest BCUT2D eigenvalue weighted by molar-refractivity contribution is 6.12. The molecule has 0 amide bonds. The van der Waals surface area contributed by atoms with E-state index in [4.69, 9.17) is 0 Å². The molecule has 1 atom stereocenters. The van der Waals surface area contributed by atoms with Gasteiger partial charge >= 0.3 is 0 Å². The molecule has 7 rings (SSSR count). The summed E-state index contributed by atoms with van der Waals surface area (Å²) in [6, 6.07) is 41.3. The Morgan fingerprint density at radius 2 is 1.28 bits per heavy atom. The first-order valence-corrected chi connectivity index (χ1v) is 12.3. The van der Waals surface area contributed by atoms with Crippen molar-refractivity contribution >= 4 is 33.7 Å². The SMILES string of the molecule is O=C(c1ccccc1)c1ccc(-n2c3ccccc3c3ccc4c(c32)C(c2ccccc2)C=C4)cc1. The van der Waals surface area contributed by atoms with Crippen LogP contribution in [0.15, 0.2) is 127 Å². The van der Waals surface area contributed by atoms with Gasteiger partial charge in [-0.3, -0.25) is 4.79 Å². The number of para-hydroxylation sites is 1. The summed E-state index contributed by atoms with van der Waals surface area (Å²) in [5.41, 5.74) is 8.74. The van der Waals surface area contributed by atoms with Gasteiger partial charge in [-0.05, 0) is 47.0 Å². The molecular weight excluding hydrogens is 438 g/mol. The van der Waals surface area contributed by atoms with Crippen molar-refractivity contribution < 1.29 is 4.79 Å². The molecule has 0 radical (unpaired) electrons. The van der Waals surface area contributed by atoms with Crippen LogP contribution in [0.1, 0.15) is 38.5 Å². The van der Waals surface area contributed by atoms with Gasteiger partial charge in [0, 0.05) is 33.5 Å². The van der Waals surface area contributed by atoms with Crippen LogP contribution < -0.4 is 0 Å². The minimum Gasteiger partial charge on any atom is -0.309 e. The molecule has 6 aromatic rings. The zero-order chi connectivity index (χ0) is 24.1. The average molecular weight is 462 g/mol. The minimum absolute atomic E-state index is 0.0404. The minimum atomic E-state index is 0.0404. The molecule has 1 heterocycles. The zero-order valence-corrected chi connectivity index (χ0v) is 19.6. The van der Waals surface area contributed by atoms with Crippen LogP contribution in [-0.4, -0.2) is 10.4 Å². The molecule has 1 aromatic heterocycles. The van der Waals surface area contributed by atoms with Crippen molar-refractivity contribution in [3.63, 3.8) is 0 Å². The van der Waals surface area contributed by atoms with Crippen LogP contribution in [0.25, 0.3) is 33.6 Å². The Kier molecular flexibility index (Phi) is 4.71. The van der Waals surface area contributed by atoms with Gasteiger partial charge in [-0.25, -0.2) is 0 Å². The Morgan fingerprint density at radius 1 is 0.611 bits per heavy atom. The summed E-state index contributed by atoms with van der Waals surface area (Å²) >= 11 is 0. The lowest BCUT2D eigenvalue weighted by atomic mass is 9.91. The summed E-state index contributed by atoms with van der Waals surface area (Å²) in [5, 5.41) is 2.48. The summed E-state index contributed by atoms with van der Waals surface area (Å²) < 4.78 is 2.36. The molecule has 170 valence electrons. The highest BCUT2D eigenvalue weighted by atomic mass is 16.1. The summed E-state index contributed by atoms with van der Waals surface area (Å²) in [7, 11) is 0. The van der Waals surface area contributed by atoms with Crippen molar-refractivity contribution in [2.45, 2.75) is 5.92 Å². The lowest BCUT2D eigenvalue weighted by molar-refractivity contribution is 0.103. The van der Waals surface area contributed by atoms with Gasteiger partial charge in [-0.1, -0.05) is 103 Å². The maximum Gasteiger partial charge on any atom is 0.193 e. The number of fused-ring (bicyclic) bond motifs is 5. The molecule has 2 nitrogen and oxygen atoms in total. The molecule has 1 aliphatic carbocycles. The van der Waals surface area contributed by atoms with Gasteiger partial charge < -0.3 is 4.57 Å². The van der Waals surface area contributed by atoms with Crippen LogP contribution >= 0.6 is 0 Å². The van der Waals surface area contributed by atoms with Crippen molar-refractivity contribution in [3.8, 4) is 5.69 Å². The Labute approximate surface area is 209 Å². The molecular formula is C34H23NO. The second kappa shape index (κ2) is 8.21. The van der Waals surface area contributed by atoms with E-state index in [9.17, 15) is 4.79 Å². The highest BCUT2D eigenvalue weighted by Crippen LogP contribution is 2.44. The fraction of sp³-hybridized carbons (Fsp3) is 0.0294. The van der Waals surface area contributed by atoms with Gasteiger partial charge in [-0.2, -0.15) is 0 Å². The number of carbonyl (C=O) groups excluding carboxylic acids is 1.